The fraction of sp³-hybridized carbons (Fsp3) is 0.167. The van der Waals surface area contributed by atoms with Gasteiger partial charge in [-0.15, -0.1) is 0 Å². The number of hydrogen-bond acceptors (Lipinski definition) is 6. The number of non-ortho nitro benzene ring substituents is 1. The molecule has 0 radical (unpaired) electrons. The number of esters is 1. The number of ether oxygens (including phenoxy) is 1. The molecule has 0 atom stereocenters. The third-order valence-electron chi connectivity index (χ3n) is 3.51. The Balaban J connectivity index is 2.34. The molecule has 0 bridgehead atoms. The standard InChI is InChI=1S/C18H17N3O6/c1-3-27-18(24)13-7-12(9-15(10-13)21(25)26)17(23)20-14-6-4-5-11(8-14)16(22)19-2/h4-10H,3H2,1-2H3,(H,19,22)(H,20,23). The Morgan fingerprint density at radius 2 is 1.74 bits per heavy atom. The molecule has 0 aliphatic carbocycles. The van der Waals surface area contributed by atoms with E-state index in [1.165, 1.54) is 19.2 Å². The molecule has 2 aromatic carbocycles. The van der Waals surface area contributed by atoms with Crippen LogP contribution in [-0.4, -0.2) is 36.4 Å². The van der Waals surface area contributed by atoms with Crippen molar-refractivity contribution in [2.45, 2.75) is 6.92 Å². The van der Waals surface area contributed by atoms with Crippen LogP contribution in [0.15, 0.2) is 42.5 Å². The van der Waals surface area contributed by atoms with Crippen molar-refractivity contribution in [3.63, 3.8) is 0 Å². The lowest BCUT2D eigenvalue weighted by atomic mass is 10.1. The van der Waals surface area contributed by atoms with Crippen molar-refractivity contribution in [3.8, 4) is 0 Å². The summed E-state index contributed by atoms with van der Waals surface area (Å²) in [6, 6.07) is 9.48. The molecule has 0 unspecified atom stereocenters. The van der Waals surface area contributed by atoms with Gasteiger partial charge in [0.1, 0.15) is 0 Å². The largest absolute Gasteiger partial charge is 0.462 e. The quantitative estimate of drug-likeness (QED) is 0.456. The maximum absolute atomic E-state index is 12.5. The van der Waals surface area contributed by atoms with Crippen LogP contribution in [0.3, 0.4) is 0 Å². The summed E-state index contributed by atoms with van der Waals surface area (Å²) in [5.74, 6) is -1.76. The van der Waals surface area contributed by atoms with E-state index in [1.54, 1.807) is 25.1 Å². The second-order valence-corrected chi connectivity index (χ2v) is 5.36. The number of amides is 2. The van der Waals surface area contributed by atoms with Gasteiger partial charge in [0.25, 0.3) is 17.5 Å². The van der Waals surface area contributed by atoms with Gasteiger partial charge in [-0.05, 0) is 31.2 Å². The molecule has 27 heavy (non-hydrogen) atoms. The zero-order chi connectivity index (χ0) is 20.0. The fourth-order valence-corrected chi connectivity index (χ4v) is 2.27. The summed E-state index contributed by atoms with van der Waals surface area (Å²) in [6.07, 6.45) is 0. The highest BCUT2D eigenvalue weighted by molar-refractivity contribution is 6.07. The number of carbonyl (C=O) groups excluding carboxylic acids is 3. The topological polar surface area (TPSA) is 128 Å². The summed E-state index contributed by atoms with van der Waals surface area (Å²) in [5.41, 5.74) is 0.0598. The second kappa shape index (κ2) is 8.56. The molecule has 0 saturated heterocycles. The minimum absolute atomic E-state index is 0.0856. The third kappa shape index (κ3) is 4.88. The van der Waals surface area contributed by atoms with Crippen LogP contribution in [0.2, 0.25) is 0 Å². The number of anilines is 1. The second-order valence-electron chi connectivity index (χ2n) is 5.36. The van der Waals surface area contributed by atoms with E-state index in [-0.39, 0.29) is 23.6 Å². The highest BCUT2D eigenvalue weighted by Gasteiger charge is 2.19. The minimum atomic E-state index is -0.767. The zero-order valence-electron chi connectivity index (χ0n) is 14.6. The Morgan fingerprint density at radius 3 is 2.37 bits per heavy atom. The van der Waals surface area contributed by atoms with Gasteiger partial charge in [-0.25, -0.2) is 4.79 Å². The molecule has 0 aromatic heterocycles. The Morgan fingerprint density at radius 1 is 1.04 bits per heavy atom. The number of nitrogens with one attached hydrogen (secondary N) is 2. The van der Waals surface area contributed by atoms with Gasteiger partial charge in [0.2, 0.25) is 0 Å². The number of rotatable bonds is 6. The van der Waals surface area contributed by atoms with Crippen LogP contribution in [0, 0.1) is 10.1 Å². The van der Waals surface area contributed by atoms with Gasteiger partial charge in [-0.2, -0.15) is 0 Å². The highest BCUT2D eigenvalue weighted by atomic mass is 16.6. The van der Waals surface area contributed by atoms with Gasteiger partial charge >= 0.3 is 5.97 Å². The SMILES string of the molecule is CCOC(=O)c1cc(C(=O)Nc2cccc(C(=O)NC)c2)cc([N+](=O)[O-])c1. The maximum Gasteiger partial charge on any atom is 0.338 e. The van der Waals surface area contributed by atoms with E-state index in [1.807, 2.05) is 0 Å². The first kappa shape index (κ1) is 19.6. The summed E-state index contributed by atoms with van der Waals surface area (Å²) in [7, 11) is 1.48. The lowest BCUT2D eigenvalue weighted by molar-refractivity contribution is -0.384. The summed E-state index contributed by atoms with van der Waals surface area (Å²) in [6.45, 7) is 1.69. The number of carbonyl (C=O) groups is 3. The van der Waals surface area contributed by atoms with Crippen molar-refractivity contribution in [1.29, 1.82) is 0 Å². The summed E-state index contributed by atoms with van der Waals surface area (Å²) >= 11 is 0. The molecule has 0 spiro atoms. The van der Waals surface area contributed by atoms with Crippen molar-refractivity contribution in [2.24, 2.45) is 0 Å². The molecule has 9 heteroatoms. The average molecular weight is 371 g/mol. The van der Waals surface area contributed by atoms with Crippen LogP contribution in [0.1, 0.15) is 38.0 Å². The molecule has 2 aromatic rings. The van der Waals surface area contributed by atoms with Crippen LogP contribution < -0.4 is 10.6 Å². The van der Waals surface area contributed by atoms with E-state index in [4.69, 9.17) is 4.74 Å². The van der Waals surface area contributed by atoms with Crippen molar-refractivity contribution in [3.05, 3.63) is 69.3 Å². The molecule has 0 fully saturated rings. The first-order valence-electron chi connectivity index (χ1n) is 7.95. The van der Waals surface area contributed by atoms with Gasteiger partial charge in [0, 0.05) is 36.0 Å². The molecule has 2 rings (SSSR count). The maximum atomic E-state index is 12.5. The lowest BCUT2D eigenvalue weighted by Gasteiger charge is -2.08. The first-order valence-corrected chi connectivity index (χ1v) is 7.95. The Hall–Kier alpha value is -3.75. The monoisotopic (exact) mass is 371 g/mol. The van der Waals surface area contributed by atoms with Gasteiger partial charge in [0.15, 0.2) is 0 Å². The number of nitro benzene ring substituents is 1. The normalized spacial score (nSPS) is 10.0. The van der Waals surface area contributed by atoms with E-state index < -0.39 is 22.5 Å². The van der Waals surface area contributed by atoms with Crippen molar-refractivity contribution >= 4 is 29.2 Å². The number of nitro groups is 1. The molecular formula is C18H17N3O6. The fourth-order valence-electron chi connectivity index (χ4n) is 2.27. The van der Waals surface area contributed by atoms with Gasteiger partial charge in [0.05, 0.1) is 17.1 Å². The molecule has 9 nitrogen and oxygen atoms in total. The smallest absolute Gasteiger partial charge is 0.338 e. The molecule has 0 heterocycles. The van der Waals surface area contributed by atoms with Crippen LogP contribution in [0.25, 0.3) is 0 Å². The predicted molar refractivity (Wildman–Crippen MR) is 96.8 cm³/mol. The van der Waals surface area contributed by atoms with E-state index in [0.717, 1.165) is 12.1 Å². The van der Waals surface area contributed by atoms with E-state index in [2.05, 4.69) is 10.6 Å². The Bertz CT molecular complexity index is 910. The van der Waals surface area contributed by atoms with Gasteiger partial charge in [-0.3, -0.25) is 19.7 Å². The van der Waals surface area contributed by atoms with E-state index in [9.17, 15) is 24.5 Å². The molecule has 0 aliphatic heterocycles. The van der Waals surface area contributed by atoms with Crippen LogP contribution in [0.5, 0.6) is 0 Å². The lowest BCUT2D eigenvalue weighted by Crippen LogP contribution is -2.18. The van der Waals surface area contributed by atoms with Crippen LogP contribution in [-0.2, 0) is 4.74 Å². The molecule has 0 saturated carbocycles. The minimum Gasteiger partial charge on any atom is -0.462 e. The highest BCUT2D eigenvalue weighted by Crippen LogP contribution is 2.20. The predicted octanol–water partition coefficient (Wildman–Crippen LogP) is 2.38. The Kier molecular flexibility index (Phi) is 6.21. The summed E-state index contributed by atoms with van der Waals surface area (Å²) < 4.78 is 4.83. The molecule has 140 valence electrons. The average Bonchev–Trinajstić information content (AvgIpc) is 2.67. The van der Waals surface area contributed by atoms with Crippen molar-refractivity contribution in [2.75, 3.05) is 19.0 Å². The van der Waals surface area contributed by atoms with Crippen molar-refractivity contribution < 1.29 is 24.0 Å². The van der Waals surface area contributed by atoms with Crippen LogP contribution in [0.4, 0.5) is 11.4 Å². The molecule has 2 amide bonds. The Labute approximate surface area is 154 Å². The van der Waals surface area contributed by atoms with Gasteiger partial charge in [-0.1, -0.05) is 6.07 Å². The summed E-state index contributed by atoms with van der Waals surface area (Å²) in [5, 5.41) is 16.1. The van der Waals surface area contributed by atoms with Gasteiger partial charge < -0.3 is 15.4 Å². The van der Waals surface area contributed by atoms with E-state index >= 15 is 0 Å². The summed E-state index contributed by atoms with van der Waals surface area (Å²) in [4.78, 5) is 46.4. The number of nitrogens with zero attached hydrogens (tertiary/aromatic N) is 1. The van der Waals surface area contributed by atoms with E-state index in [0.29, 0.717) is 11.3 Å². The molecule has 2 N–H and O–H groups in total. The molecular weight excluding hydrogens is 354 g/mol. The first-order chi connectivity index (χ1) is 12.8. The zero-order valence-corrected chi connectivity index (χ0v) is 14.6. The van der Waals surface area contributed by atoms with Crippen molar-refractivity contribution in [1.82, 2.24) is 5.32 Å². The number of benzene rings is 2. The van der Waals surface area contributed by atoms with Crippen LogP contribution >= 0.6 is 0 Å². The molecule has 0 aliphatic rings. The third-order valence-corrected chi connectivity index (χ3v) is 3.51. The number of hydrogen-bond donors (Lipinski definition) is 2.